The number of carbonyl (C=O) groups is 1. The van der Waals surface area contributed by atoms with Gasteiger partial charge in [-0.05, 0) is 62.3 Å². The summed E-state index contributed by atoms with van der Waals surface area (Å²) in [5.74, 6) is 1.73. The Bertz CT molecular complexity index is 1220. The van der Waals surface area contributed by atoms with Crippen molar-refractivity contribution in [1.29, 1.82) is 0 Å². The maximum absolute atomic E-state index is 12.9. The minimum absolute atomic E-state index is 0.0159. The van der Waals surface area contributed by atoms with Gasteiger partial charge in [-0.2, -0.15) is 0 Å². The second-order valence-electron chi connectivity index (χ2n) is 9.33. The van der Waals surface area contributed by atoms with Gasteiger partial charge in [-0.15, -0.1) is 0 Å². The van der Waals surface area contributed by atoms with Gasteiger partial charge in [-0.3, -0.25) is 14.7 Å². The van der Waals surface area contributed by atoms with Crippen molar-refractivity contribution in [2.45, 2.75) is 44.6 Å². The van der Waals surface area contributed by atoms with Crippen molar-refractivity contribution in [2.75, 3.05) is 25.5 Å². The SMILES string of the molecule is COc1ccc2nccc(NC(=O)CCC3CCCN(C(C4=CC=CCC4)C4=COC=CO4)C3)c2n1. The van der Waals surface area contributed by atoms with Crippen LogP contribution >= 0.6 is 0 Å². The minimum Gasteiger partial charge on any atom is -0.481 e. The molecule has 1 aliphatic carbocycles. The highest BCUT2D eigenvalue weighted by Gasteiger charge is 2.32. The average Bonchev–Trinajstić information content (AvgIpc) is 2.93. The lowest BCUT2D eigenvalue weighted by molar-refractivity contribution is -0.116. The highest BCUT2D eigenvalue weighted by Crippen LogP contribution is 2.32. The standard InChI is InChI=1S/C28H32N4O4/c1-34-26-12-10-22-27(31-26)23(13-14-29-22)30-25(33)11-9-20-6-5-15-32(18-20)28(21-7-3-2-4-8-21)24-19-35-16-17-36-24/h2-3,7,10,12-14,16-17,19-20,28H,4-6,8-9,11,15,18H2,1H3,(H,29,30,33). The Balaban J connectivity index is 1.22. The number of amides is 1. The number of ether oxygens (including phenoxy) is 3. The predicted molar refractivity (Wildman–Crippen MR) is 138 cm³/mol. The fraction of sp³-hybridized carbons (Fsp3) is 0.393. The molecule has 1 N–H and O–H groups in total. The molecule has 4 heterocycles. The quantitative estimate of drug-likeness (QED) is 0.555. The fourth-order valence-electron chi connectivity index (χ4n) is 5.18. The molecule has 0 spiro atoms. The number of pyridine rings is 2. The lowest BCUT2D eigenvalue weighted by Gasteiger charge is -2.40. The highest BCUT2D eigenvalue weighted by atomic mass is 16.5. The minimum atomic E-state index is -0.0159. The third kappa shape index (κ3) is 5.60. The van der Waals surface area contributed by atoms with Gasteiger partial charge in [0.15, 0.2) is 5.76 Å². The van der Waals surface area contributed by atoms with Crippen LogP contribution in [-0.2, 0) is 14.3 Å². The van der Waals surface area contributed by atoms with E-state index in [1.54, 1.807) is 44.2 Å². The Labute approximate surface area is 211 Å². The van der Waals surface area contributed by atoms with Crippen molar-refractivity contribution in [2.24, 2.45) is 5.92 Å². The van der Waals surface area contributed by atoms with Crippen molar-refractivity contribution in [1.82, 2.24) is 14.9 Å². The number of rotatable bonds is 8. The maximum atomic E-state index is 12.9. The van der Waals surface area contributed by atoms with Gasteiger partial charge in [-0.1, -0.05) is 18.2 Å². The molecule has 2 aliphatic heterocycles. The van der Waals surface area contributed by atoms with Crippen LogP contribution in [0.5, 0.6) is 5.88 Å². The molecule has 1 amide bonds. The van der Waals surface area contributed by atoms with Crippen molar-refractivity contribution < 1.29 is 19.0 Å². The number of carbonyl (C=O) groups excluding carboxylic acids is 1. The van der Waals surface area contributed by atoms with E-state index in [-0.39, 0.29) is 11.9 Å². The number of fused-ring (bicyclic) bond motifs is 1. The molecule has 0 bridgehead atoms. The topological polar surface area (TPSA) is 85.8 Å². The van der Waals surface area contributed by atoms with Gasteiger partial charge in [0, 0.05) is 25.2 Å². The summed E-state index contributed by atoms with van der Waals surface area (Å²) in [7, 11) is 1.57. The number of nitrogens with one attached hydrogen (secondary N) is 1. The summed E-state index contributed by atoms with van der Waals surface area (Å²) in [5, 5.41) is 3.03. The summed E-state index contributed by atoms with van der Waals surface area (Å²) in [4.78, 5) is 24.2. The van der Waals surface area contributed by atoms with E-state index < -0.39 is 0 Å². The van der Waals surface area contributed by atoms with E-state index in [2.05, 4.69) is 38.4 Å². The molecular formula is C28H32N4O4. The molecule has 2 aromatic rings. The van der Waals surface area contributed by atoms with Crippen LogP contribution in [0.4, 0.5) is 5.69 Å². The number of hydrogen-bond donors (Lipinski definition) is 1. The Morgan fingerprint density at radius 1 is 1.31 bits per heavy atom. The fourth-order valence-corrected chi connectivity index (χ4v) is 5.18. The van der Waals surface area contributed by atoms with E-state index in [0.717, 1.165) is 51.0 Å². The number of piperidine rings is 1. The summed E-state index contributed by atoms with van der Waals surface area (Å²) in [6, 6.07) is 5.44. The van der Waals surface area contributed by atoms with E-state index in [9.17, 15) is 4.79 Å². The monoisotopic (exact) mass is 488 g/mol. The van der Waals surface area contributed by atoms with Gasteiger partial charge in [0.2, 0.25) is 11.8 Å². The number of anilines is 1. The van der Waals surface area contributed by atoms with Gasteiger partial charge in [0.25, 0.3) is 0 Å². The molecule has 1 fully saturated rings. The number of hydrogen-bond acceptors (Lipinski definition) is 7. The predicted octanol–water partition coefficient (Wildman–Crippen LogP) is 5.07. The first-order chi connectivity index (χ1) is 17.7. The third-order valence-electron chi connectivity index (χ3n) is 6.93. The second kappa shape index (κ2) is 11.4. The average molecular weight is 489 g/mol. The van der Waals surface area contributed by atoms with Gasteiger partial charge in [0.05, 0.1) is 24.4 Å². The van der Waals surface area contributed by atoms with Gasteiger partial charge in [-0.25, -0.2) is 4.98 Å². The summed E-state index contributed by atoms with van der Waals surface area (Å²) >= 11 is 0. The molecule has 0 saturated carbocycles. The maximum Gasteiger partial charge on any atom is 0.224 e. The molecule has 8 heteroatoms. The molecular weight excluding hydrogens is 456 g/mol. The zero-order chi connectivity index (χ0) is 24.7. The largest absolute Gasteiger partial charge is 0.481 e. The summed E-state index contributed by atoms with van der Waals surface area (Å²) in [6.07, 6.45) is 18.6. The van der Waals surface area contributed by atoms with Crippen LogP contribution < -0.4 is 10.1 Å². The second-order valence-corrected chi connectivity index (χ2v) is 9.33. The molecule has 188 valence electrons. The van der Waals surface area contributed by atoms with Crippen molar-refractivity contribution in [3.63, 3.8) is 0 Å². The van der Waals surface area contributed by atoms with Crippen molar-refractivity contribution in [3.05, 3.63) is 72.7 Å². The van der Waals surface area contributed by atoms with E-state index in [1.807, 2.05) is 6.07 Å². The van der Waals surface area contributed by atoms with Crippen molar-refractivity contribution >= 4 is 22.6 Å². The molecule has 2 unspecified atom stereocenters. The molecule has 0 aromatic carbocycles. The number of allylic oxidation sites excluding steroid dienone is 3. The lowest BCUT2D eigenvalue weighted by atomic mass is 9.89. The first kappa shape index (κ1) is 24.1. The molecule has 36 heavy (non-hydrogen) atoms. The number of methoxy groups -OCH3 is 1. The third-order valence-corrected chi connectivity index (χ3v) is 6.93. The zero-order valence-electron chi connectivity index (χ0n) is 20.6. The van der Waals surface area contributed by atoms with Crippen LogP contribution in [0.3, 0.4) is 0 Å². The number of nitrogens with zero attached hydrogens (tertiary/aromatic N) is 3. The number of aromatic nitrogens is 2. The zero-order valence-corrected chi connectivity index (χ0v) is 20.6. The molecule has 2 aromatic heterocycles. The van der Waals surface area contributed by atoms with E-state index in [0.29, 0.717) is 34.9 Å². The van der Waals surface area contributed by atoms with Crippen LogP contribution in [0.15, 0.2) is 72.7 Å². The van der Waals surface area contributed by atoms with Gasteiger partial charge < -0.3 is 19.5 Å². The molecule has 3 aliphatic rings. The van der Waals surface area contributed by atoms with E-state index >= 15 is 0 Å². The Morgan fingerprint density at radius 3 is 3.06 bits per heavy atom. The Kier molecular flexibility index (Phi) is 7.61. The first-order valence-electron chi connectivity index (χ1n) is 12.6. The van der Waals surface area contributed by atoms with Crippen LogP contribution in [-0.4, -0.2) is 47.0 Å². The first-order valence-corrected chi connectivity index (χ1v) is 12.6. The summed E-state index contributed by atoms with van der Waals surface area (Å²) in [5.41, 5.74) is 3.34. The molecule has 2 atom stereocenters. The van der Waals surface area contributed by atoms with Crippen LogP contribution in [0.2, 0.25) is 0 Å². The molecule has 8 nitrogen and oxygen atoms in total. The van der Waals surface area contributed by atoms with E-state index in [4.69, 9.17) is 14.2 Å². The Morgan fingerprint density at radius 2 is 2.25 bits per heavy atom. The van der Waals surface area contributed by atoms with Crippen molar-refractivity contribution in [3.8, 4) is 5.88 Å². The normalized spacial score (nSPS) is 20.6. The van der Waals surface area contributed by atoms with Crippen LogP contribution in [0.25, 0.3) is 11.0 Å². The molecule has 0 radical (unpaired) electrons. The van der Waals surface area contributed by atoms with Gasteiger partial charge >= 0.3 is 0 Å². The Hall–Kier alpha value is -3.65. The van der Waals surface area contributed by atoms with Gasteiger partial charge in [0.1, 0.15) is 24.3 Å². The van der Waals surface area contributed by atoms with Crippen LogP contribution in [0, 0.1) is 5.92 Å². The smallest absolute Gasteiger partial charge is 0.224 e. The molecule has 1 saturated heterocycles. The van der Waals surface area contributed by atoms with Crippen LogP contribution in [0.1, 0.15) is 38.5 Å². The highest BCUT2D eigenvalue weighted by molar-refractivity contribution is 5.99. The lowest BCUT2D eigenvalue weighted by Crippen LogP contribution is -2.45. The molecule has 5 rings (SSSR count). The summed E-state index contributed by atoms with van der Waals surface area (Å²) < 4.78 is 16.5. The van der Waals surface area contributed by atoms with E-state index in [1.165, 1.54) is 5.57 Å². The summed E-state index contributed by atoms with van der Waals surface area (Å²) in [6.45, 7) is 1.91. The number of likely N-dealkylation sites (tertiary alicyclic amines) is 1.